The molecule has 0 saturated heterocycles. The van der Waals surface area contributed by atoms with E-state index in [2.05, 4.69) is 46.1 Å². The molecule has 3 aromatic heterocycles. The normalized spacial score (nSPS) is 11.7. The molecule has 4 rings (SSSR count). The zero-order valence-electron chi connectivity index (χ0n) is 14.7. The number of hydrogen-bond donors (Lipinski definition) is 0. The number of imidazole rings is 1. The van der Waals surface area contributed by atoms with Gasteiger partial charge in [0.05, 0.1) is 5.56 Å². The van der Waals surface area contributed by atoms with E-state index in [0.717, 1.165) is 0 Å². The summed E-state index contributed by atoms with van der Waals surface area (Å²) in [5, 5.41) is 1.93. The first-order chi connectivity index (χ1) is 13.2. The van der Waals surface area contributed by atoms with Crippen molar-refractivity contribution in [2.45, 2.75) is 13.5 Å². The molecule has 0 radical (unpaired) electrons. The van der Waals surface area contributed by atoms with Crippen LogP contribution < -0.4 is 4.80 Å². The summed E-state index contributed by atoms with van der Waals surface area (Å²) in [6, 6.07) is 11.8. The third-order valence-electron chi connectivity index (χ3n) is 4.09. The SMILES string of the molecule is Cc1ccc(Cn2ccsc2=NC(=O)c2ccc(-n3ccnc3)nc2)cc1. The fourth-order valence-corrected chi connectivity index (χ4v) is 3.33. The molecule has 1 amide bonds. The van der Waals surface area contributed by atoms with E-state index in [9.17, 15) is 4.79 Å². The first-order valence-corrected chi connectivity index (χ1v) is 9.30. The number of benzene rings is 1. The minimum Gasteiger partial charge on any atom is -0.319 e. The number of rotatable bonds is 4. The highest BCUT2D eigenvalue weighted by molar-refractivity contribution is 7.07. The number of amides is 1. The lowest BCUT2D eigenvalue weighted by atomic mass is 10.1. The zero-order chi connectivity index (χ0) is 18.6. The van der Waals surface area contributed by atoms with Crippen molar-refractivity contribution in [2.24, 2.45) is 4.99 Å². The summed E-state index contributed by atoms with van der Waals surface area (Å²) in [5.74, 6) is 0.398. The van der Waals surface area contributed by atoms with Crippen molar-refractivity contribution in [3.63, 3.8) is 0 Å². The second kappa shape index (κ2) is 7.51. The topological polar surface area (TPSA) is 65.1 Å². The quantitative estimate of drug-likeness (QED) is 0.550. The molecule has 0 aliphatic carbocycles. The lowest BCUT2D eigenvalue weighted by molar-refractivity contribution is 0.0997. The molecule has 3 heterocycles. The number of carbonyl (C=O) groups excluding carboxylic acids is 1. The summed E-state index contributed by atoms with van der Waals surface area (Å²) < 4.78 is 3.75. The summed E-state index contributed by atoms with van der Waals surface area (Å²) in [6.07, 6.45) is 8.62. The Morgan fingerprint density at radius 3 is 2.70 bits per heavy atom. The van der Waals surface area contributed by atoms with Gasteiger partial charge in [-0.15, -0.1) is 11.3 Å². The van der Waals surface area contributed by atoms with E-state index in [1.807, 2.05) is 16.1 Å². The van der Waals surface area contributed by atoms with Crippen LogP contribution in [0.4, 0.5) is 0 Å². The number of hydrogen-bond acceptors (Lipinski definition) is 4. The van der Waals surface area contributed by atoms with Gasteiger partial charge < -0.3 is 4.57 Å². The molecule has 0 aliphatic heterocycles. The van der Waals surface area contributed by atoms with Crippen molar-refractivity contribution in [1.82, 2.24) is 19.1 Å². The van der Waals surface area contributed by atoms with Gasteiger partial charge in [-0.2, -0.15) is 4.99 Å². The molecule has 4 aromatic rings. The van der Waals surface area contributed by atoms with E-state index in [1.165, 1.54) is 22.5 Å². The maximum atomic E-state index is 12.5. The Kier molecular flexibility index (Phi) is 4.76. The molecule has 6 nitrogen and oxygen atoms in total. The molecule has 0 unspecified atom stereocenters. The highest BCUT2D eigenvalue weighted by Crippen LogP contribution is 2.08. The summed E-state index contributed by atoms with van der Waals surface area (Å²) in [5.41, 5.74) is 2.84. The van der Waals surface area contributed by atoms with Crippen LogP contribution in [0.5, 0.6) is 0 Å². The molecular formula is C20H17N5OS. The molecule has 7 heteroatoms. The molecule has 0 atom stereocenters. The predicted octanol–water partition coefficient (Wildman–Crippen LogP) is 3.23. The summed E-state index contributed by atoms with van der Waals surface area (Å²) in [7, 11) is 0. The van der Waals surface area contributed by atoms with Crippen molar-refractivity contribution in [2.75, 3.05) is 0 Å². The van der Waals surface area contributed by atoms with E-state index >= 15 is 0 Å². The average Bonchev–Trinajstić information content (AvgIpc) is 3.36. The van der Waals surface area contributed by atoms with Gasteiger partial charge in [0.15, 0.2) is 4.80 Å². The van der Waals surface area contributed by atoms with Crippen LogP contribution in [0, 0.1) is 6.92 Å². The van der Waals surface area contributed by atoms with E-state index in [1.54, 1.807) is 41.6 Å². The second-order valence-electron chi connectivity index (χ2n) is 6.09. The molecule has 0 aliphatic rings. The predicted molar refractivity (Wildman–Crippen MR) is 104 cm³/mol. The van der Waals surface area contributed by atoms with Crippen molar-refractivity contribution in [3.05, 3.63) is 94.4 Å². The number of carbonyl (C=O) groups is 1. The Bertz CT molecular complexity index is 1110. The van der Waals surface area contributed by atoms with Gasteiger partial charge in [0.1, 0.15) is 12.1 Å². The summed E-state index contributed by atoms with van der Waals surface area (Å²) in [4.78, 5) is 25.8. The fraction of sp³-hybridized carbons (Fsp3) is 0.100. The number of thiazole rings is 1. The molecule has 0 fully saturated rings. The van der Waals surface area contributed by atoms with E-state index < -0.39 is 0 Å². The van der Waals surface area contributed by atoms with E-state index in [4.69, 9.17) is 0 Å². The Morgan fingerprint density at radius 2 is 2.00 bits per heavy atom. The number of pyridine rings is 1. The van der Waals surface area contributed by atoms with Crippen LogP contribution in [-0.2, 0) is 6.54 Å². The lowest BCUT2D eigenvalue weighted by Crippen LogP contribution is -2.17. The molecule has 0 N–H and O–H groups in total. The van der Waals surface area contributed by atoms with Gasteiger partial charge in [-0.05, 0) is 24.6 Å². The minimum absolute atomic E-state index is 0.306. The Hall–Kier alpha value is -3.32. The van der Waals surface area contributed by atoms with Crippen molar-refractivity contribution in [3.8, 4) is 5.82 Å². The lowest BCUT2D eigenvalue weighted by Gasteiger charge is -2.04. The average molecular weight is 375 g/mol. The van der Waals surface area contributed by atoms with Crippen LogP contribution in [0.2, 0.25) is 0 Å². The van der Waals surface area contributed by atoms with Crippen LogP contribution in [0.15, 0.2) is 77.9 Å². The Labute approximate surface area is 160 Å². The fourth-order valence-electron chi connectivity index (χ4n) is 2.61. The van der Waals surface area contributed by atoms with Crippen LogP contribution >= 0.6 is 11.3 Å². The smallest absolute Gasteiger partial charge is 0.281 e. The number of nitrogens with zero attached hydrogens (tertiary/aromatic N) is 5. The maximum Gasteiger partial charge on any atom is 0.281 e. The van der Waals surface area contributed by atoms with Gasteiger partial charge >= 0.3 is 0 Å². The first-order valence-electron chi connectivity index (χ1n) is 8.42. The zero-order valence-corrected chi connectivity index (χ0v) is 15.5. The van der Waals surface area contributed by atoms with Crippen LogP contribution in [0.3, 0.4) is 0 Å². The molecule has 0 saturated carbocycles. The van der Waals surface area contributed by atoms with Gasteiger partial charge in [0, 0.05) is 36.7 Å². The van der Waals surface area contributed by atoms with Crippen LogP contribution in [-0.4, -0.2) is 25.0 Å². The maximum absolute atomic E-state index is 12.5. The molecule has 134 valence electrons. The van der Waals surface area contributed by atoms with Gasteiger partial charge in [-0.1, -0.05) is 29.8 Å². The van der Waals surface area contributed by atoms with Gasteiger partial charge in [-0.3, -0.25) is 9.36 Å². The molecule has 27 heavy (non-hydrogen) atoms. The van der Waals surface area contributed by atoms with Crippen molar-refractivity contribution >= 4 is 17.2 Å². The monoisotopic (exact) mass is 375 g/mol. The van der Waals surface area contributed by atoms with Gasteiger partial charge in [0.25, 0.3) is 5.91 Å². The number of aromatic nitrogens is 4. The Balaban J connectivity index is 1.56. The third-order valence-corrected chi connectivity index (χ3v) is 4.89. The molecular weight excluding hydrogens is 358 g/mol. The third kappa shape index (κ3) is 3.93. The second-order valence-corrected chi connectivity index (χ2v) is 6.96. The summed E-state index contributed by atoms with van der Waals surface area (Å²) >= 11 is 1.44. The largest absolute Gasteiger partial charge is 0.319 e. The molecule has 0 bridgehead atoms. The molecule has 1 aromatic carbocycles. The molecule has 0 spiro atoms. The highest BCUT2D eigenvalue weighted by atomic mass is 32.1. The summed E-state index contributed by atoms with van der Waals surface area (Å²) in [6.45, 7) is 2.74. The first kappa shape index (κ1) is 17.1. The van der Waals surface area contributed by atoms with Gasteiger partial charge in [0.2, 0.25) is 0 Å². The van der Waals surface area contributed by atoms with E-state index in [-0.39, 0.29) is 5.91 Å². The Morgan fingerprint density at radius 1 is 1.15 bits per heavy atom. The standard InChI is InChI=1S/C20H17N5OS/c1-15-2-4-16(5-3-15)13-24-10-11-27-20(24)23-19(26)17-6-7-18(22-12-17)25-9-8-21-14-25/h2-12,14H,13H2,1H3. The van der Waals surface area contributed by atoms with Crippen LogP contribution in [0.1, 0.15) is 21.5 Å². The van der Waals surface area contributed by atoms with Crippen LogP contribution in [0.25, 0.3) is 5.82 Å². The van der Waals surface area contributed by atoms with Crippen molar-refractivity contribution in [1.29, 1.82) is 0 Å². The minimum atomic E-state index is -0.306. The van der Waals surface area contributed by atoms with E-state index in [0.29, 0.717) is 22.7 Å². The number of aryl methyl sites for hydroxylation is 1. The van der Waals surface area contributed by atoms with Gasteiger partial charge in [-0.25, -0.2) is 9.97 Å². The highest BCUT2D eigenvalue weighted by Gasteiger charge is 2.07. The van der Waals surface area contributed by atoms with Crippen molar-refractivity contribution < 1.29 is 4.79 Å².